The minimum atomic E-state index is -0.856. The molecule has 9 heteroatoms. The highest BCUT2D eigenvalue weighted by molar-refractivity contribution is 5.78. The minimum absolute atomic E-state index is 0.0251. The number of aliphatic carboxylic acids is 1. The van der Waals surface area contributed by atoms with Crippen LogP contribution in [-0.2, 0) is 14.4 Å². The Balaban J connectivity index is 1.55. The zero-order valence-electron chi connectivity index (χ0n) is 17.7. The number of amides is 2. The molecule has 9 nitrogen and oxygen atoms in total. The molecule has 2 aliphatic rings. The highest BCUT2D eigenvalue weighted by atomic mass is 16.5. The quantitative estimate of drug-likeness (QED) is 0.223. The standard InChI is InChI=1S/C20H37N5O4/c1-23-11-13-24(14-12-23)15-17-5-4-10-25(17)16-19(27)22-8-2-6-18(26)21-9-3-7-20(28)29/h17H,2-16H2,1H3,(H,21,26)(H,22,27)(H,28,29)/i2+1,3+1,6+1,7+1,8+1,9+1,15+1,18+1,20+1,21+1,22+1. The summed E-state index contributed by atoms with van der Waals surface area (Å²) in [6, 6.07) is 0.459. The van der Waals surface area contributed by atoms with E-state index < -0.39 is 5.97 Å². The molecule has 166 valence electrons. The number of likely N-dealkylation sites (tertiary alicyclic amines) is 1. The Morgan fingerprint density at radius 3 is 2.28 bits per heavy atom. The molecule has 2 amide bonds. The molecule has 0 aromatic heterocycles. The Hall–Kier alpha value is -1.71. The van der Waals surface area contributed by atoms with E-state index in [0.717, 1.165) is 52.1 Å². The zero-order chi connectivity index (χ0) is 21.1. The summed E-state index contributed by atoms with van der Waals surface area (Å²) in [5, 5.41) is 14.2. The van der Waals surface area contributed by atoms with Gasteiger partial charge in [-0.2, -0.15) is 0 Å². The van der Waals surface area contributed by atoms with Crippen LogP contribution in [0.15, 0.2) is 0 Å². The van der Waals surface area contributed by atoms with E-state index >= 15 is 0 Å². The van der Waals surface area contributed by atoms with Gasteiger partial charge >= 0.3 is 5.97 Å². The topological polar surface area (TPSA) is 105 Å². The van der Waals surface area contributed by atoms with Gasteiger partial charge in [-0.05, 0) is 39.3 Å². The third-order valence-electron chi connectivity index (χ3n) is 5.70. The summed E-state index contributed by atoms with van der Waals surface area (Å²) in [6.07, 6.45) is 3.71. The Morgan fingerprint density at radius 2 is 1.59 bits per heavy atom. The van der Waals surface area contributed by atoms with Crippen molar-refractivity contribution in [2.45, 2.75) is 44.6 Å². The first-order valence-corrected chi connectivity index (χ1v) is 10.8. The van der Waals surface area contributed by atoms with Crippen molar-refractivity contribution in [3.8, 4) is 0 Å². The summed E-state index contributed by atoms with van der Waals surface area (Å²) >= 11 is 0. The van der Waals surface area contributed by atoms with Gasteiger partial charge in [0, 0.05) is 64.7 Å². The van der Waals surface area contributed by atoms with Crippen molar-refractivity contribution < 1.29 is 19.5 Å². The van der Waals surface area contributed by atoms with Crippen LogP contribution >= 0.6 is 0 Å². The van der Waals surface area contributed by atoms with Crippen LogP contribution in [0, 0.1) is 0 Å². The van der Waals surface area contributed by atoms with Gasteiger partial charge in [-0.15, -0.1) is 0 Å². The van der Waals surface area contributed by atoms with E-state index in [1.165, 1.54) is 0 Å². The Labute approximate surface area is 173 Å². The minimum Gasteiger partial charge on any atom is -0.481 e. The predicted octanol–water partition coefficient (Wildman–Crippen LogP) is -0.424. The number of hydrogen-bond acceptors (Lipinski definition) is 6. The zero-order valence-corrected chi connectivity index (χ0v) is 17.7. The van der Waals surface area contributed by atoms with Crippen molar-refractivity contribution >= 4 is 17.8 Å². The van der Waals surface area contributed by atoms with E-state index in [4.69, 9.17) is 5.11 Å². The molecule has 0 aliphatic carbocycles. The first-order chi connectivity index (χ1) is 13.9. The molecule has 29 heavy (non-hydrogen) atoms. The molecule has 0 bridgehead atoms. The second-order valence-corrected chi connectivity index (χ2v) is 8.17. The van der Waals surface area contributed by atoms with Crippen molar-refractivity contribution in [1.82, 2.24) is 25.3 Å². The summed E-state index contributed by atoms with van der Waals surface area (Å²) < 4.78 is 0. The number of nitrogens with zero attached hydrogens (tertiary/aromatic N) is 3. The fourth-order valence-electron chi connectivity index (χ4n) is 3.91. The van der Waals surface area contributed by atoms with Crippen molar-refractivity contribution in [2.24, 2.45) is 0 Å². The summed E-state index contributed by atoms with van der Waals surface area (Å²) in [7, 11) is 2.16. The van der Waals surface area contributed by atoms with E-state index in [-0.39, 0.29) is 18.2 Å². The third kappa shape index (κ3) is 9.56. The number of carboxylic acid groups (broad SMARTS) is 1. The van der Waals surface area contributed by atoms with Crippen LogP contribution in [0.4, 0.5) is 0 Å². The van der Waals surface area contributed by atoms with Gasteiger partial charge in [0.2, 0.25) is 11.8 Å². The van der Waals surface area contributed by atoms with Crippen LogP contribution in [0.3, 0.4) is 0 Å². The largest absolute Gasteiger partial charge is 0.481 e. The summed E-state index contributed by atoms with van der Waals surface area (Å²) in [6.45, 7) is 7.74. The van der Waals surface area contributed by atoms with Gasteiger partial charge in [0.15, 0.2) is 0 Å². The first kappa shape index (κ1) is 23.6. The van der Waals surface area contributed by atoms with Crippen molar-refractivity contribution in [3.63, 3.8) is 0 Å². The molecule has 2 fully saturated rings. The lowest BCUT2D eigenvalue weighted by atomic mass is 10.3. The molecule has 2 aliphatic heterocycles. The van der Waals surface area contributed by atoms with Gasteiger partial charge in [0.25, 0.3) is 0 Å². The van der Waals surface area contributed by atoms with Crippen LogP contribution in [0.5, 0.6) is 0 Å². The van der Waals surface area contributed by atoms with Crippen molar-refractivity contribution in [2.75, 3.05) is 66.0 Å². The Kier molecular flexibility index (Phi) is 10.4. The molecule has 3 N–H and O–H groups in total. The Morgan fingerprint density at radius 1 is 0.931 bits per heavy atom. The van der Waals surface area contributed by atoms with E-state index in [2.05, 4.69) is 32.4 Å². The van der Waals surface area contributed by atoms with Crippen LogP contribution in [0.25, 0.3) is 0 Å². The summed E-state index contributed by atoms with van der Waals surface area (Å²) in [4.78, 5) is 41.5. The average Bonchev–Trinajstić information content (AvgIpc) is 3.10. The van der Waals surface area contributed by atoms with E-state index in [1.807, 2.05) is 0 Å². The van der Waals surface area contributed by atoms with E-state index in [1.54, 1.807) is 0 Å². The van der Waals surface area contributed by atoms with Crippen LogP contribution in [0.2, 0.25) is 0 Å². The molecule has 2 rings (SSSR count). The summed E-state index contributed by atoms with van der Waals surface area (Å²) in [5.74, 6) is -0.931. The predicted molar refractivity (Wildman–Crippen MR) is 111 cm³/mol. The molecule has 0 aromatic rings. The number of nitrogens with one attached hydrogen (secondary N) is 2. The normalized spacial score (nSPS) is 21.2. The highest BCUT2D eigenvalue weighted by Gasteiger charge is 2.28. The fraction of sp³-hybridized carbons (Fsp3) is 0.850. The number of carbonyl (C=O) groups excluding carboxylic acids is 2. The van der Waals surface area contributed by atoms with Gasteiger partial charge in [-0.25, -0.2) is 0 Å². The molecule has 1 unspecified atom stereocenters. The van der Waals surface area contributed by atoms with Crippen molar-refractivity contribution in [1.29, 1.82) is 0 Å². The third-order valence-corrected chi connectivity index (χ3v) is 5.70. The number of hydrogen-bond donors (Lipinski definition) is 3. The van der Waals surface area contributed by atoms with Crippen molar-refractivity contribution in [3.05, 3.63) is 0 Å². The number of likely N-dealkylation sites (N-methyl/N-ethyl adjacent to an activating group) is 1. The van der Waals surface area contributed by atoms with Crippen LogP contribution in [0.1, 0.15) is 38.5 Å². The SMILES string of the molecule is CN1CCN([13CH2]C2CCCN2CC(=O)[15NH][13CH2][13CH2][13CH2][13C](=O)[15NH][13CH2][13CH2][13CH2][13C](=O)O)CC1. The fourth-order valence-corrected chi connectivity index (χ4v) is 3.91. The molecular formula is C20H37N5O4. The molecule has 1 atom stereocenters. The molecule has 2 saturated heterocycles. The molecule has 0 spiro atoms. The maximum atomic E-state index is 12.3. The van der Waals surface area contributed by atoms with E-state index in [9.17, 15) is 14.4 Å². The lowest BCUT2D eigenvalue weighted by Crippen LogP contribution is -2.50. The first-order valence-electron chi connectivity index (χ1n) is 10.8. The lowest BCUT2D eigenvalue weighted by molar-refractivity contribution is -0.137. The van der Waals surface area contributed by atoms with Crippen LogP contribution < -0.4 is 10.6 Å². The maximum absolute atomic E-state index is 12.3. The highest BCUT2D eigenvalue weighted by Crippen LogP contribution is 2.18. The molecular weight excluding hydrogens is 385 g/mol. The average molecular weight is 422 g/mol. The number of piperazine rings is 1. The second-order valence-electron chi connectivity index (χ2n) is 8.17. The van der Waals surface area contributed by atoms with Crippen LogP contribution in [-0.4, -0.2) is 110 Å². The second kappa shape index (κ2) is 12.8. The van der Waals surface area contributed by atoms with Gasteiger partial charge in [-0.1, -0.05) is 0 Å². The Bertz CT molecular complexity index is 537. The van der Waals surface area contributed by atoms with Gasteiger partial charge < -0.3 is 20.6 Å². The molecule has 0 saturated carbocycles. The van der Waals surface area contributed by atoms with Gasteiger partial charge in [0.1, 0.15) is 0 Å². The van der Waals surface area contributed by atoms with Gasteiger partial charge in [0.05, 0.1) is 6.54 Å². The molecule has 2 heterocycles. The smallest absolute Gasteiger partial charge is 0.303 e. The number of carboxylic acids is 1. The lowest BCUT2D eigenvalue weighted by Gasteiger charge is -2.36. The molecule has 0 radical (unpaired) electrons. The molecule has 0 aromatic carbocycles. The number of carbonyl (C=O) groups is 3. The van der Waals surface area contributed by atoms with E-state index in [0.29, 0.717) is 44.9 Å². The maximum Gasteiger partial charge on any atom is 0.303 e. The van der Waals surface area contributed by atoms with Gasteiger partial charge in [-0.3, -0.25) is 24.2 Å². The monoisotopic (exact) mass is 422 g/mol. The number of rotatable bonds is 12. The summed E-state index contributed by atoms with van der Waals surface area (Å²) in [5.41, 5.74) is 0.